The largest absolute Gasteiger partial charge is 0.344 e. The van der Waals surface area contributed by atoms with Gasteiger partial charge in [0.15, 0.2) is 0 Å². The highest BCUT2D eigenvalue weighted by Crippen LogP contribution is 2.49. The van der Waals surface area contributed by atoms with E-state index in [4.69, 9.17) is 0 Å². The van der Waals surface area contributed by atoms with Gasteiger partial charge in [0.1, 0.15) is 11.3 Å². The lowest BCUT2D eigenvalue weighted by atomic mass is 10.0. The smallest absolute Gasteiger partial charge is 0.324 e. The predicted molar refractivity (Wildman–Crippen MR) is 103 cm³/mol. The van der Waals surface area contributed by atoms with Crippen molar-refractivity contribution in [2.45, 2.75) is 39.0 Å². The molecule has 0 aliphatic carbocycles. The minimum absolute atomic E-state index is 0.380. The summed E-state index contributed by atoms with van der Waals surface area (Å²) in [5.41, 5.74) is 3.16. The number of rotatable bonds is 6. The normalized spacial score (nSPS) is 13.3. The number of amides is 1. The fourth-order valence-corrected chi connectivity index (χ4v) is 2.89. The first-order chi connectivity index (χ1) is 12.0. The summed E-state index contributed by atoms with van der Waals surface area (Å²) >= 11 is 0. The Hall–Kier alpha value is -1.98. The molecule has 7 heteroatoms. The summed E-state index contributed by atoms with van der Waals surface area (Å²) < 4.78 is 11.8. The standard InChI is InChI=1S/C19H25N2O4P/c1-13-9-8-10-14(2)16(13)20-18(22)17(15-11-6-5-7-12-15)21-19(3,4)26(23,24)25/h5-12,17,21H,1-4H3,(H,20,22)(H2,23,24,25). The fraction of sp³-hybridized carbons (Fsp3) is 0.316. The van der Waals surface area contributed by atoms with Crippen LogP contribution in [0.4, 0.5) is 5.69 Å². The molecule has 0 saturated heterocycles. The molecule has 0 spiro atoms. The van der Waals surface area contributed by atoms with Crippen LogP contribution in [0.3, 0.4) is 0 Å². The quantitative estimate of drug-likeness (QED) is 0.579. The van der Waals surface area contributed by atoms with Gasteiger partial charge in [-0.2, -0.15) is 0 Å². The summed E-state index contributed by atoms with van der Waals surface area (Å²) in [5.74, 6) is -0.380. The number of carbonyl (C=O) groups excluding carboxylic acids is 1. The summed E-state index contributed by atoms with van der Waals surface area (Å²) in [6.07, 6.45) is 0. The van der Waals surface area contributed by atoms with Gasteiger partial charge < -0.3 is 15.1 Å². The SMILES string of the molecule is Cc1cccc(C)c1NC(=O)C(NC(C)(C)P(=O)(O)O)c1ccccc1. The van der Waals surface area contributed by atoms with Gasteiger partial charge in [-0.1, -0.05) is 48.5 Å². The van der Waals surface area contributed by atoms with Gasteiger partial charge in [-0.15, -0.1) is 0 Å². The lowest BCUT2D eigenvalue weighted by Crippen LogP contribution is -2.45. The fourth-order valence-electron chi connectivity index (χ4n) is 2.59. The third-order valence-electron chi connectivity index (χ3n) is 4.35. The van der Waals surface area contributed by atoms with Gasteiger partial charge in [0.05, 0.1) is 0 Å². The number of para-hydroxylation sites is 1. The maximum Gasteiger partial charge on any atom is 0.344 e. The van der Waals surface area contributed by atoms with E-state index in [0.29, 0.717) is 11.3 Å². The Bertz CT molecular complexity index is 810. The predicted octanol–water partition coefficient (Wildman–Crippen LogP) is 3.49. The molecule has 0 bridgehead atoms. The number of nitrogens with one attached hydrogen (secondary N) is 2. The molecule has 0 radical (unpaired) electrons. The van der Waals surface area contributed by atoms with E-state index in [9.17, 15) is 19.1 Å². The van der Waals surface area contributed by atoms with Crippen LogP contribution in [0.2, 0.25) is 0 Å². The summed E-state index contributed by atoms with van der Waals surface area (Å²) in [6.45, 7) is 6.56. The third-order valence-corrected chi connectivity index (χ3v) is 5.94. The Kier molecular flexibility index (Phi) is 6.04. The molecule has 0 aliphatic rings. The number of benzene rings is 2. The van der Waals surface area contributed by atoms with Crippen molar-refractivity contribution in [3.05, 3.63) is 65.2 Å². The van der Waals surface area contributed by atoms with E-state index in [1.165, 1.54) is 13.8 Å². The van der Waals surface area contributed by atoms with Crippen molar-refractivity contribution in [3.8, 4) is 0 Å². The van der Waals surface area contributed by atoms with Crippen LogP contribution in [0.1, 0.15) is 36.6 Å². The van der Waals surface area contributed by atoms with Crippen LogP contribution in [-0.2, 0) is 9.36 Å². The van der Waals surface area contributed by atoms with E-state index in [-0.39, 0.29) is 5.91 Å². The number of hydrogen-bond donors (Lipinski definition) is 4. The highest BCUT2D eigenvalue weighted by Gasteiger charge is 2.41. The molecule has 26 heavy (non-hydrogen) atoms. The molecule has 1 atom stereocenters. The molecule has 0 fully saturated rings. The van der Waals surface area contributed by atoms with Crippen LogP contribution >= 0.6 is 7.60 Å². The molecule has 140 valence electrons. The zero-order valence-corrected chi connectivity index (χ0v) is 16.2. The Morgan fingerprint density at radius 1 is 1.00 bits per heavy atom. The van der Waals surface area contributed by atoms with Crippen LogP contribution < -0.4 is 10.6 Å². The van der Waals surface area contributed by atoms with Gasteiger partial charge >= 0.3 is 7.60 Å². The van der Waals surface area contributed by atoms with Crippen molar-refractivity contribution in [3.63, 3.8) is 0 Å². The monoisotopic (exact) mass is 376 g/mol. The van der Waals surface area contributed by atoms with Crippen LogP contribution in [-0.4, -0.2) is 21.0 Å². The topological polar surface area (TPSA) is 98.7 Å². The number of anilines is 1. The summed E-state index contributed by atoms with van der Waals surface area (Å²) in [7, 11) is -4.48. The van der Waals surface area contributed by atoms with Crippen LogP contribution in [0, 0.1) is 13.8 Å². The third kappa shape index (κ3) is 4.59. The van der Waals surface area contributed by atoms with Crippen molar-refractivity contribution in [2.24, 2.45) is 0 Å². The molecule has 1 amide bonds. The van der Waals surface area contributed by atoms with E-state index >= 15 is 0 Å². The van der Waals surface area contributed by atoms with Gasteiger partial charge in [0.25, 0.3) is 0 Å². The van der Waals surface area contributed by atoms with Crippen molar-refractivity contribution in [2.75, 3.05) is 5.32 Å². The summed E-state index contributed by atoms with van der Waals surface area (Å²) in [6, 6.07) is 13.7. The molecule has 2 aromatic carbocycles. The summed E-state index contributed by atoms with van der Waals surface area (Å²) in [5, 5.41) is 4.17. The highest BCUT2D eigenvalue weighted by atomic mass is 31.2. The number of hydrogen-bond acceptors (Lipinski definition) is 3. The first-order valence-electron chi connectivity index (χ1n) is 8.28. The zero-order chi connectivity index (χ0) is 19.5. The lowest BCUT2D eigenvalue weighted by Gasteiger charge is -2.32. The van der Waals surface area contributed by atoms with Gasteiger partial charge in [0, 0.05) is 5.69 Å². The second-order valence-corrected chi connectivity index (χ2v) is 9.05. The average Bonchev–Trinajstić information content (AvgIpc) is 2.56. The maximum atomic E-state index is 13.0. The Balaban J connectivity index is 2.38. The summed E-state index contributed by atoms with van der Waals surface area (Å²) in [4.78, 5) is 32.2. The Labute approximate surface area is 153 Å². The van der Waals surface area contributed by atoms with Crippen LogP contribution in [0.5, 0.6) is 0 Å². The molecule has 0 aromatic heterocycles. The molecule has 6 nitrogen and oxygen atoms in total. The van der Waals surface area contributed by atoms with Gasteiger partial charge in [-0.05, 0) is 44.4 Å². The maximum absolute atomic E-state index is 13.0. The van der Waals surface area contributed by atoms with E-state index in [0.717, 1.165) is 11.1 Å². The zero-order valence-electron chi connectivity index (χ0n) is 15.4. The molecule has 4 N–H and O–H groups in total. The Morgan fingerprint density at radius 3 is 2.04 bits per heavy atom. The molecule has 0 aliphatic heterocycles. The average molecular weight is 376 g/mol. The van der Waals surface area contributed by atoms with E-state index in [1.807, 2.05) is 38.1 Å². The Morgan fingerprint density at radius 2 is 1.54 bits per heavy atom. The molecule has 0 saturated carbocycles. The highest BCUT2D eigenvalue weighted by molar-refractivity contribution is 7.53. The molecule has 0 heterocycles. The number of aryl methyl sites for hydroxylation is 2. The van der Waals surface area contributed by atoms with Crippen molar-refractivity contribution in [1.82, 2.24) is 5.32 Å². The molecular formula is C19H25N2O4P. The van der Waals surface area contributed by atoms with E-state index < -0.39 is 18.9 Å². The molecular weight excluding hydrogens is 351 g/mol. The molecule has 2 aromatic rings. The molecule has 2 rings (SSSR count). The van der Waals surface area contributed by atoms with Crippen molar-refractivity contribution < 1.29 is 19.1 Å². The van der Waals surface area contributed by atoms with Gasteiger partial charge in [-0.3, -0.25) is 14.7 Å². The minimum Gasteiger partial charge on any atom is -0.324 e. The minimum atomic E-state index is -4.48. The number of carbonyl (C=O) groups is 1. The second-order valence-electron chi connectivity index (χ2n) is 6.85. The first-order valence-corrected chi connectivity index (χ1v) is 9.89. The van der Waals surface area contributed by atoms with Crippen LogP contribution in [0.25, 0.3) is 0 Å². The van der Waals surface area contributed by atoms with Crippen molar-refractivity contribution in [1.29, 1.82) is 0 Å². The van der Waals surface area contributed by atoms with Gasteiger partial charge in [0.2, 0.25) is 5.91 Å². The first kappa shape index (κ1) is 20.3. The van der Waals surface area contributed by atoms with E-state index in [2.05, 4.69) is 10.6 Å². The molecule has 1 unspecified atom stereocenters. The van der Waals surface area contributed by atoms with Gasteiger partial charge in [-0.25, -0.2) is 0 Å². The van der Waals surface area contributed by atoms with Crippen LogP contribution in [0.15, 0.2) is 48.5 Å². The lowest BCUT2D eigenvalue weighted by molar-refractivity contribution is -0.118. The second kappa shape index (κ2) is 7.72. The van der Waals surface area contributed by atoms with Crippen molar-refractivity contribution >= 4 is 19.2 Å². The van der Waals surface area contributed by atoms with E-state index in [1.54, 1.807) is 24.3 Å².